The van der Waals surface area contributed by atoms with E-state index < -0.39 is 0 Å². The molecule has 1 saturated heterocycles. The number of piperidine rings is 1. The predicted octanol–water partition coefficient (Wildman–Crippen LogP) is 3.20. The first-order valence-corrected chi connectivity index (χ1v) is 7.63. The molecule has 1 aliphatic heterocycles. The number of hydrogen-bond donors (Lipinski definition) is 0. The second-order valence-corrected chi connectivity index (χ2v) is 6.31. The van der Waals surface area contributed by atoms with Crippen LogP contribution >= 0.6 is 15.9 Å². The van der Waals surface area contributed by atoms with E-state index in [0.29, 0.717) is 5.91 Å². The van der Waals surface area contributed by atoms with Crippen LogP contribution in [0.2, 0.25) is 0 Å². The molecule has 1 saturated carbocycles. The zero-order chi connectivity index (χ0) is 11.6. The average Bonchev–Trinajstić information content (AvgIpc) is 2.77. The van der Waals surface area contributed by atoms with Gasteiger partial charge in [0.2, 0.25) is 5.91 Å². The maximum Gasteiger partial charge on any atom is 0.228 e. The van der Waals surface area contributed by atoms with Crippen molar-refractivity contribution in [3.8, 4) is 0 Å². The van der Waals surface area contributed by atoms with E-state index in [2.05, 4.69) is 27.8 Å². The molecule has 1 heterocycles. The van der Waals surface area contributed by atoms with Crippen molar-refractivity contribution >= 4 is 21.8 Å². The van der Waals surface area contributed by atoms with Gasteiger partial charge in [-0.1, -0.05) is 35.7 Å². The van der Waals surface area contributed by atoms with Gasteiger partial charge in [-0.3, -0.25) is 4.79 Å². The molecule has 2 rings (SSSR count). The Morgan fingerprint density at radius 1 is 1.31 bits per heavy atom. The molecule has 2 aliphatic rings. The van der Waals surface area contributed by atoms with Crippen molar-refractivity contribution in [2.24, 2.45) is 11.3 Å². The molecule has 0 N–H and O–H groups in total. The molecule has 0 unspecified atom stereocenters. The van der Waals surface area contributed by atoms with E-state index in [4.69, 9.17) is 0 Å². The number of rotatable bonds is 2. The smallest absolute Gasteiger partial charge is 0.228 e. The Kier molecular flexibility index (Phi) is 3.93. The molecule has 3 heteroatoms. The highest BCUT2D eigenvalue weighted by molar-refractivity contribution is 9.09. The van der Waals surface area contributed by atoms with E-state index in [9.17, 15) is 4.79 Å². The molecule has 0 bridgehead atoms. The van der Waals surface area contributed by atoms with Crippen molar-refractivity contribution in [2.45, 2.75) is 45.4 Å². The Morgan fingerprint density at radius 2 is 1.88 bits per heavy atom. The molecule has 0 aromatic rings. The molecular formula is C13H22BrNO. The number of likely N-dealkylation sites (tertiary alicyclic amines) is 1. The summed E-state index contributed by atoms with van der Waals surface area (Å²) in [6.07, 6.45) is 7.02. The van der Waals surface area contributed by atoms with Crippen molar-refractivity contribution in [3.05, 3.63) is 0 Å². The van der Waals surface area contributed by atoms with E-state index in [1.807, 2.05) is 0 Å². The van der Waals surface area contributed by atoms with E-state index in [-0.39, 0.29) is 5.41 Å². The van der Waals surface area contributed by atoms with Gasteiger partial charge in [-0.2, -0.15) is 0 Å². The largest absolute Gasteiger partial charge is 0.342 e. The third-order valence-electron chi connectivity index (χ3n) is 4.34. The minimum Gasteiger partial charge on any atom is -0.342 e. The molecule has 0 aromatic carbocycles. The standard InChI is InChI=1S/C13H22BrNO/c1-13(6-2-3-7-13)12(16)15-8-4-11(10-14)5-9-15/h11H,2-10H2,1H3. The highest BCUT2D eigenvalue weighted by Gasteiger charge is 2.39. The maximum atomic E-state index is 12.4. The fraction of sp³-hybridized carbons (Fsp3) is 0.923. The summed E-state index contributed by atoms with van der Waals surface area (Å²) in [5.74, 6) is 1.21. The lowest BCUT2D eigenvalue weighted by Gasteiger charge is -2.36. The summed E-state index contributed by atoms with van der Waals surface area (Å²) >= 11 is 3.54. The zero-order valence-electron chi connectivity index (χ0n) is 10.2. The summed E-state index contributed by atoms with van der Waals surface area (Å²) in [6.45, 7) is 4.12. The predicted molar refractivity (Wildman–Crippen MR) is 69.7 cm³/mol. The Labute approximate surface area is 107 Å². The number of alkyl halides is 1. The van der Waals surface area contributed by atoms with E-state index in [1.54, 1.807) is 0 Å². The van der Waals surface area contributed by atoms with Crippen LogP contribution < -0.4 is 0 Å². The minimum atomic E-state index is -0.0265. The van der Waals surface area contributed by atoms with Gasteiger partial charge in [-0.15, -0.1) is 0 Å². The third kappa shape index (κ3) is 2.44. The normalized spacial score (nSPS) is 26.0. The Hall–Kier alpha value is -0.0500. The van der Waals surface area contributed by atoms with Crippen molar-refractivity contribution < 1.29 is 4.79 Å². The number of carbonyl (C=O) groups excluding carboxylic acids is 1. The van der Waals surface area contributed by atoms with Crippen LogP contribution in [0.1, 0.15) is 45.4 Å². The number of hydrogen-bond acceptors (Lipinski definition) is 1. The fourth-order valence-corrected chi connectivity index (χ4v) is 3.69. The maximum absolute atomic E-state index is 12.4. The Bertz CT molecular complexity index is 253. The Balaban J connectivity index is 1.91. The summed E-state index contributed by atoms with van der Waals surface area (Å²) in [4.78, 5) is 14.5. The van der Waals surface area contributed by atoms with E-state index in [0.717, 1.165) is 37.2 Å². The van der Waals surface area contributed by atoms with Gasteiger partial charge in [0.25, 0.3) is 0 Å². The summed E-state index contributed by atoms with van der Waals surface area (Å²) < 4.78 is 0. The van der Waals surface area contributed by atoms with Crippen LogP contribution in [0.25, 0.3) is 0 Å². The Morgan fingerprint density at radius 3 is 2.38 bits per heavy atom. The number of nitrogens with zero attached hydrogens (tertiary/aromatic N) is 1. The van der Waals surface area contributed by atoms with Gasteiger partial charge >= 0.3 is 0 Å². The quantitative estimate of drug-likeness (QED) is 0.715. The average molecular weight is 288 g/mol. The SMILES string of the molecule is CC1(C(=O)N2CCC(CBr)CC2)CCCC1. The second kappa shape index (κ2) is 5.07. The molecular weight excluding hydrogens is 266 g/mol. The molecule has 16 heavy (non-hydrogen) atoms. The molecule has 0 spiro atoms. The van der Waals surface area contributed by atoms with Crippen LogP contribution in [-0.2, 0) is 4.79 Å². The first-order chi connectivity index (χ1) is 7.65. The first kappa shape index (κ1) is 12.4. The summed E-state index contributed by atoms with van der Waals surface area (Å²) in [7, 11) is 0. The molecule has 0 aromatic heterocycles. The van der Waals surface area contributed by atoms with Crippen molar-refractivity contribution in [2.75, 3.05) is 18.4 Å². The third-order valence-corrected chi connectivity index (χ3v) is 5.26. The molecule has 0 radical (unpaired) electrons. The number of amides is 1. The summed E-state index contributed by atoms with van der Waals surface area (Å²) in [5.41, 5.74) is -0.0265. The van der Waals surface area contributed by atoms with Crippen molar-refractivity contribution in [1.29, 1.82) is 0 Å². The van der Waals surface area contributed by atoms with Gasteiger partial charge in [0.05, 0.1) is 0 Å². The molecule has 0 atom stereocenters. The van der Waals surface area contributed by atoms with Gasteiger partial charge in [-0.25, -0.2) is 0 Å². The van der Waals surface area contributed by atoms with Crippen LogP contribution in [0, 0.1) is 11.3 Å². The van der Waals surface area contributed by atoms with Crippen LogP contribution in [0.5, 0.6) is 0 Å². The van der Waals surface area contributed by atoms with E-state index >= 15 is 0 Å². The topological polar surface area (TPSA) is 20.3 Å². The molecule has 92 valence electrons. The van der Waals surface area contributed by atoms with Gasteiger partial charge in [0.15, 0.2) is 0 Å². The highest BCUT2D eigenvalue weighted by atomic mass is 79.9. The zero-order valence-corrected chi connectivity index (χ0v) is 11.8. The van der Waals surface area contributed by atoms with Crippen LogP contribution in [0.15, 0.2) is 0 Å². The first-order valence-electron chi connectivity index (χ1n) is 6.51. The molecule has 1 aliphatic carbocycles. The van der Waals surface area contributed by atoms with Crippen LogP contribution in [0.4, 0.5) is 0 Å². The highest BCUT2D eigenvalue weighted by Crippen LogP contribution is 2.39. The lowest BCUT2D eigenvalue weighted by Crippen LogP contribution is -2.45. The molecule has 2 nitrogen and oxygen atoms in total. The summed E-state index contributed by atoms with van der Waals surface area (Å²) in [6, 6.07) is 0. The van der Waals surface area contributed by atoms with Crippen LogP contribution in [-0.4, -0.2) is 29.2 Å². The lowest BCUT2D eigenvalue weighted by atomic mass is 9.86. The van der Waals surface area contributed by atoms with Gasteiger partial charge in [0, 0.05) is 23.8 Å². The monoisotopic (exact) mass is 287 g/mol. The summed E-state index contributed by atoms with van der Waals surface area (Å²) in [5, 5.41) is 1.09. The van der Waals surface area contributed by atoms with Gasteiger partial charge < -0.3 is 4.90 Å². The number of carbonyl (C=O) groups is 1. The second-order valence-electron chi connectivity index (χ2n) is 5.66. The lowest BCUT2D eigenvalue weighted by molar-refractivity contribution is -0.142. The van der Waals surface area contributed by atoms with Gasteiger partial charge in [0.1, 0.15) is 0 Å². The molecule has 1 amide bonds. The van der Waals surface area contributed by atoms with Crippen LogP contribution in [0.3, 0.4) is 0 Å². The van der Waals surface area contributed by atoms with Crippen molar-refractivity contribution in [1.82, 2.24) is 4.90 Å². The van der Waals surface area contributed by atoms with Gasteiger partial charge in [-0.05, 0) is 31.6 Å². The van der Waals surface area contributed by atoms with E-state index in [1.165, 1.54) is 25.7 Å². The number of halogens is 1. The van der Waals surface area contributed by atoms with Crippen molar-refractivity contribution in [3.63, 3.8) is 0 Å². The molecule has 2 fully saturated rings. The minimum absolute atomic E-state index is 0.0265. The fourth-order valence-electron chi connectivity index (χ4n) is 3.04.